The van der Waals surface area contributed by atoms with Crippen LogP contribution in [-0.2, 0) is 0 Å². The number of anilines is 4. The van der Waals surface area contributed by atoms with Gasteiger partial charge < -0.3 is 21.0 Å². The summed E-state index contributed by atoms with van der Waals surface area (Å²) in [6.07, 6.45) is 3.92. The molecule has 0 bridgehead atoms. The molecule has 7 nitrogen and oxygen atoms in total. The molecular formula is C23H29N7. The molecule has 1 aliphatic heterocycles. The minimum Gasteiger partial charge on any atom is -0.368 e. The van der Waals surface area contributed by atoms with E-state index in [1.54, 1.807) is 0 Å². The summed E-state index contributed by atoms with van der Waals surface area (Å²) in [5.74, 6) is 7.70. The molecule has 3 aromatic rings. The molecule has 0 aliphatic carbocycles. The van der Waals surface area contributed by atoms with E-state index in [9.17, 15) is 0 Å². The Labute approximate surface area is 177 Å². The van der Waals surface area contributed by atoms with Gasteiger partial charge in [0.2, 0.25) is 5.95 Å². The van der Waals surface area contributed by atoms with E-state index in [4.69, 9.17) is 10.8 Å². The van der Waals surface area contributed by atoms with Gasteiger partial charge in [-0.1, -0.05) is 55.0 Å². The summed E-state index contributed by atoms with van der Waals surface area (Å²) in [6, 6.07) is 20.0. The number of nitrogens with two attached hydrogens (primary N) is 1. The van der Waals surface area contributed by atoms with Crippen LogP contribution in [0.25, 0.3) is 11.1 Å². The second-order valence-corrected chi connectivity index (χ2v) is 7.45. The van der Waals surface area contributed by atoms with Gasteiger partial charge in [-0.3, -0.25) is 0 Å². The zero-order valence-electron chi connectivity index (χ0n) is 17.1. The van der Waals surface area contributed by atoms with Gasteiger partial charge in [-0.25, -0.2) is 5.84 Å². The Balaban J connectivity index is 1.61. The lowest BCUT2D eigenvalue weighted by Crippen LogP contribution is -2.33. The van der Waals surface area contributed by atoms with Gasteiger partial charge in [0.25, 0.3) is 0 Å². The third kappa shape index (κ3) is 5.06. The van der Waals surface area contributed by atoms with Gasteiger partial charge in [0, 0.05) is 18.8 Å². The highest BCUT2D eigenvalue weighted by Crippen LogP contribution is 2.34. The van der Waals surface area contributed by atoms with E-state index in [0.717, 1.165) is 35.7 Å². The number of benzene rings is 2. The van der Waals surface area contributed by atoms with Crippen molar-refractivity contribution in [3.63, 3.8) is 0 Å². The summed E-state index contributed by atoms with van der Waals surface area (Å²) in [4.78, 5) is 11.9. The van der Waals surface area contributed by atoms with Crippen molar-refractivity contribution in [1.29, 1.82) is 0 Å². The van der Waals surface area contributed by atoms with Crippen LogP contribution in [0.3, 0.4) is 0 Å². The summed E-state index contributed by atoms with van der Waals surface area (Å²) in [6.45, 7) is 4.15. The molecule has 2 heterocycles. The maximum absolute atomic E-state index is 5.86. The fourth-order valence-electron chi connectivity index (χ4n) is 3.79. The van der Waals surface area contributed by atoms with Gasteiger partial charge in [-0.15, -0.1) is 0 Å². The van der Waals surface area contributed by atoms with E-state index in [2.05, 4.69) is 25.9 Å². The third-order valence-corrected chi connectivity index (χ3v) is 5.31. The topological polar surface area (TPSA) is 91.1 Å². The van der Waals surface area contributed by atoms with Crippen molar-refractivity contribution in [3.05, 3.63) is 60.7 Å². The molecule has 0 amide bonds. The zero-order valence-corrected chi connectivity index (χ0v) is 17.1. The normalized spacial score (nSPS) is 14.3. The molecule has 0 atom stereocenters. The zero-order chi connectivity index (χ0) is 20.6. The number of piperidine rings is 1. The number of likely N-dealkylation sites (tertiary alicyclic amines) is 1. The van der Waals surface area contributed by atoms with Crippen molar-refractivity contribution in [3.8, 4) is 11.1 Å². The molecular weight excluding hydrogens is 374 g/mol. The molecule has 156 valence electrons. The van der Waals surface area contributed by atoms with Crippen molar-refractivity contribution < 1.29 is 0 Å². The van der Waals surface area contributed by atoms with Gasteiger partial charge in [0.05, 0.1) is 5.56 Å². The van der Waals surface area contributed by atoms with E-state index < -0.39 is 0 Å². The molecule has 1 fully saturated rings. The van der Waals surface area contributed by atoms with E-state index >= 15 is 0 Å². The molecule has 0 saturated carbocycles. The van der Waals surface area contributed by atoms with Crippen LogP contribution in [0.5, 0.6) is 0 Å². The lowest BCUT2D eigenvalue weighted by atomic mass is 10.1. The van der Waals surface area contributed by atoms with Crippen molar-refractivity contribution in [2.24, 2.45) is 5.84 Å². The number of nitrogen functional groups attached to an aromatic ring is 1. The van der Waals surface area contributed by atoms with Crippen molar-refractivity contribution in [2.75, 3.05) is 42.2 Å². The fourth-order valence-corrected chi connectivity index (χ4v) is 3.79. The van der Waals surface area contributed by atoms with E-state index in [1.165, 1.54) is 32.4 Å². The number of nitrogens with zero attached hydrogens (tertiary/aromatic N) is 3. The van der Waals surface area contributed by atoms with Crippen LogP contribution < -0.4 is 21.9 Å². The number of hydrogen-bond donors (Lipinski definition) is 4. The SMILES string of the molecule is NNc1nc(Nc2ccccc2)nc(NCCN2CCCCC2)c1-c1ccccc1. The largest absolute Gasteiger partial charge is 0.368 e. The summed E-state index contributed by atoms with van der Waals surface area (Å²) in [5, 5.41) is 6.80. The van der Waals surface area contributed by atoms with Crippen LogP contribution in [0.15, 0.2) is 60.7 Å². The van der Waals surface area contributed by atoms with Crippen LogP contribution in [-0.4, -0.2) is 41.0 Å². The van der Waals surface area contributed by atoms with Crippen molar-refractivity contribution in [2.45, 2.75) is 19.3 Å². The van der Waals surface area contributed by atoms with Gasteiger partial charge in [-0.05, 0) is 43.6 Å². The first-order chi connectivity index (χ1) is 14.8. The standard InChI is InChI=1S/C23H29N7/c24-29-22-20(18-10-4-1-5-11-18)21(25-14-17-30-15-8-3-9-16-30)27-23(28-22)26-19-12-6-2-7-13-19/h1-2,4-7,10-13H,3,8-9,14-17,24H2,(H3,25,26,27,28,29). The van der Waals surface area contributed by atoms with Crippen molar-refractivity contribution >= 4 is 23.3 Å². The average Bonchev–Trinajstić information content (AvgIpc) is 2.81. The quantitative estimate of drug-likeness (QED) is 0.333. The molecule has 2 aromatic carbocycles. The molecule has 1 aromatic heterocycles. The smallest absolute Gasteiger partial charge is 0.231 e. The van der Waals surface area contributed by atoms with Crippen LogP contribution in [0.4, 0.5) is 23.3 Å². The summed E-state index contributed by atoms with van der Waals surface area (Å²) in [7, 11) is 0. The van der Waals surface area contributed by atoms with E-state index in [0.29, 0.717) is 11.8 Å². The number of aromatic nitrogens is 2. The molecule has 0 unspecified atom stereocenters. The minimum absolute atomic E-state index is 0.495. The Morgan fingerprint density at radius 3 is 2.20 bits per heavy atom. The molecule has 5 N–H and O–H groups in total. The van der Waals surface area contributed by atoms with Gasteiger partial charge in [0.15, 0.2) is 5.82 Å². The second-order valence-electron chi connectivity index (χ2n) is 7.45. The molecule has 1 aliphatic rings. The maximum atomic E-state index is 5.86. The Morgan fingerprint density at radius 2 is 1.50 bits per heavy atom. The molecule has 30 heavy (non-hydrogen) atoms. The average molecular weight is 404 g/mol. The summed E-state index contributed by atoms with van der Waals surface area (Å²) < 4.78 is 0. The lowest BCUT2D eigenvalue weighted by molar-refractivity contribution is 0.237. The Bertz CT molecular complexity index is 925. The van der Waals surface area contributed by atoms with Crippen LogP contribution in [0.1, 0.15) is 19.3 Å². The second kappa shape index (κ2) is 10.0. The van der Waals surface area contributed by atoms with Crippen LogP contribution in [0.2, 0.25) is 0 Å². The summed E-state index contributed by atoms with van der Waals surface area (Å²) in [5.41, 5.74) is 5.56. The first kappa shape index (κ1) is 20.1. The van der Waals surface area contributed by atoms with Crippen LogP contribution in [0, 0.1) is 0 Å². The monoisotopic (exact) mass is 403 g/mol. The minimum atomic E-state index is 0.495. The molecule has 1 saturated heterocycles. The molecule has 4 rings (SSSR count). The molecule has 0 spiro atoms. The fraction of sp³-hybridized carbons (Fsp3) is 0.304. The maximum Gasteiger partial charge on any atom is 0.231 e. The third-order valence-electron chi connectivity index (χ3n) is 5.31. The van der Waals surface area contributed by atoms with E-state index in [-0.39, 0.29) is 0 Å². The van der Waals surface area contributed by atoms with Crippen LogP contribution >= 0.6 is 0 Å². The number of rotatable bonds is 8. The van der Waals surface area contributed by atoms with Crippen molar-refractivity contribution in [1.82, 2.24) is 14.9 Å². The number of nitrogens with one attached hydrogen (secondary N) is 3. The lowest BCUT2D eigenvalue weighted by Gasteiger charge is -2.26. The van der Waals surface area contributed by atoms with Gasteiger partial charge in [0.1, 0.15) is 5.82 Å². The highest BCUT2D eigenvalue weighted by Gasteiger charge is 2.17. The number of para-hydroxylation sites is 1. The Kier molecular flexibility index (Phi) is 6.74. The number of hydrogen-bond acceptors (Lipinski definition) is 7. The Hall–Kier alpha value is -3.16. The predicted octanol–water partition coefficient (Wildman–Crippen LogP) is 4.07. The van der Waals surface area contributed by atoms with Gasteiger partial charge in [-0.2, -0.15) is 9.97 Å². The number of hydrazine groups is 1. The highest BCUT2D eigenvalue weighted by molar-refractivity contribution is 5.85. The first-order valence-corrected chi connectivity index (χ1v) is 10.6. The van der Waals surface area contributed by atoms with Gasteiger partial charge >= 0.3 is 0 Å². The predicted molar refractivity (Wildman–Crippen MR) is 124 cm³/mol. The van der Waals surface area contributed by atoms with E-state index in [1.807, 2.05) is 60.7 Å². The summed E-state index contributed by atoms with van der Waals surface area (Å²) >= 11 is 0. The first-order valence-electron chi connectivity index (χ1n) is 10.6. The molecule has 7 heteroatoms. The molecule has 0 radical (unpaired) electrons. The Morgan fingerprint density at radius 1 is 0.833 bits per heavy atom. The highest BCUT2D eigenvalue weighted by atomic mass is 15.3.